The Kier molecular flexibility index (Phi) is 5.49. The molecule has 0 saturated carbocycles. The van der Waals surface area contributed by atoms with E-state index in [9.17, 15) is 18.0 Å². The van der Waals surface area contributed by atoms with Crippen molar-refractivity contribution in [3.63, 3.8) is 0 Å². The molecule has 0 radical (unpaired) electrons. The molecule has 1 aliphatic rings. The maximum Gasteiger partial charge on any atom is 0.417 e. The van der Waals surface area contributed by atoms with Crippen molar-refractivity contribution in [2.75, 3.05) is 13.1 Å². The molecule has 0 unspecified atom stereocenters. The second kappa shape index (κ2) is 7.97. The van der Waals surface area contributed by atoms with Gasteiger partial charge in [-0.1, -0.05) is 12.1 Å². The first-order valence-electron chi connectivity index (χ1n) is 10.3. The van der Waals surface area contributed by atoms with Crippen LogP contribution in [0.15, 0.2) is 22.9 Å². The second-order valence-corrected chi connectivity index (χ2v) is 8.22. The molecule has 0 bridgehead atoms. The number of rotatable bonds is 4. The molecular formula is C21H24F3N5O2. The van der Waals surface area contributed by atoms with Crippen LogP contribution < -0.4 is 0 Å². The summed E-state index contributed by atoms with van der Waals surface area (Å²) < 4.78 is 47.6. The summed E-state index contributed by atoms with van der Waals surface area (Å²) in [5.41, 5.74) is 0.535. The van der Waals surface area contributed by atoms with Gasteiger partial charge < -0.3 is 9.42 Å². The zero-order valence-corrected chi connectivity index (χ0v) is 17.6. The topological polar surface area (TPSA) is 77.0 Å². The minimum atomic E-state index is -4.52. The van der Waals surface area contributed by atoms with Gasteiger partial charge in [0.25, 0.3) is 5.71 Å². The van der Waals surface area contributed by atoms with Crippen molar-refractivity contribution >= 4 is 17.0 Å². The highest BCUT2D eigenvalue weighted by atomic mass is 19.4. The fourth-order valence-electron chi connectivity index (χ4n) is 4.18. The molecule has 4 heterocycles. The van der Waals surface area contributed by atoms with Gasteiger partial charge >= 0.3 is 6.18 Å². The number of carbonyl (C=O) groups excluding carboxylic acids is 1. The molecule has 31 heavy (non-hydrogen) atoms. The summed E-state index contributed by atoms with van der Waals surface area (Å²) >= 11 is 0. The van der Waals surface area contributed by atoms with Crippen molar-refractivity contribution in [2.45, 2.75) is 52.3 Å². The summed E-state index contributed by atoms with van der Waals surface area (Å²) in [4.78, 5) is 18.9. The molecule has 10 heteroatoms. The maximum absolute atomic E-state index is 13.6. The molecule has 3 aromatic heterocycles. The zero-order chi connectivity index (χ0) is 22.3. The van der Waals surface area contributed by atoms with E-state index in [0.717, 1.165) is 11.8 Å². The van der Waals surface area contributed by atoms with Crippen molar-refractivity contribution in [2.24, 2.45) is 5.92 Å². The smallest absolute Gasteiger partial charge is 0.342 e. The van der Waals surface area contributed by atoms with E-state index < -0.39 is 11.7 Å². The van der Waals surface area contributed by atoms with E-state index in [1.165, 1.54) is 6.92 Å². The summed E-state index contributed by atoms with van der Waals surface area (Å²) in [6, 6.07) is 3.00. The summed E-state index contributed by atoms with van der Waals surface area (Å²) in [5.74, 6) is -0.389. The zero-order valence-electron chi connectivity index (χ0n) is 17.6. The lowest BCUT2D eigenvalue weighted by atomic mass is 9.91. The van der Waals surface area contributed by atoms with Gasteiger partial charge in [0.15, 0.2) is 0 Å². The van der Waals surface area contributed by atoms with Gasteiger partial charge in [-0.05, 0) is 38.8 Å². The van der Waals surface area contributed by atoms with E-state index in [0.29, 0.717) is 38.2 Å². The summed E-state index contributed by atoms with van der Waals surface area (Å²) in [6.07, 6.45) is -1.59. The average molecular weight is 435 g/mol. The first-order valence-corrected chi connectivity index (χ1v) is 10.3. The number of alkyl halides is 3. The molecule has 0 N–H and O–H groups in total. The molecular weight excluding hydrogens is 411 g/mol. The highest BCUT2D eigenvalue weighted by molar-refractivity contribution is 5.81. The fourth-order valence-corrected chi connectivity index (χ4v) is 4.18. The number of piperidine rings is 1. The van der Waals surface area contributed by atoms with Gasteiger partial charge in [-0.25, -0.2) is 4.98 Å². The van der Waals surface area contributed by atoms with Crippen LogP contribution in [0.2, 0.25) is 0 Å². The van der Waals surface area contributed by atoms with E-state index in [4.69, 9.17) is 4.52 Å². The van der Waals surface area contributed by atoms with Crippen LogP contribution >= 0.6 is 0 Å². The number of hydrogen-bond donors (Lipinski definition) is 0. The molecule has 0 aliphatic carbocycles. The molecule has 1 aliphatic heterocycles. The highest BCUT2D eigenvalue weighted by Crippen LogP contribution is 2.38. The van der Waals surface area contributed by atoms with Crippen molar-refractivity contribution in [1.82, 2.24) is 24.8 Å². The van der Waals surface area contributed by atoms with Crippen LogP contribution in [0.3, 0.4) is 0 Å². The number of aryl methyl sites for hydroxylation is 2. The molecule has 0 aromatic carbocycles. The standard InChI is InChI=1S/C21H24F3N5O2/c1-12(11-29-9-4-13(2)26-29)20(30)28-7-5-15(6-8-28)17-10-16(21(22,23)24)18-14(3)27-31-19(18)25-17/h4,9-10,12,15H,5-8,11H2,1-3H3/t12-/m1/s1. The number of pyridine rings is 1. The van der Waals surface area contributed by atoms with Crippen molar-refractivity contribution in [3.8, 4) is 0 Å². The van der Waals surface area contributed by atoms with Gasteiger partial charge in [-0.2, -0.15) is 18.3 Å². The Morgan fingerprint density at radius 2 is 2.00 bits per heavy atom. The second-order valence-electron chi connectivity index (χ2n) is 8.22. The summed E-state index contributed by atoms with van der Waals surface area (Å²) in [7, 11) is 0. The van der Waals surface area contributed by atoms with Crippen molar-refractivity contribution in [1.29, 1.82) is 0 Å². The molecule has 1 fully saturated rings. The van der Waals surface area contributed by atoms with Crippen LogP contribution in [0.4, 0.5) is 13.2 Å². The third kappa shape index (κ3) is 4.28. The number of fused-ring (bicyclic) bond motifs is 1. The fraction of sp³-hybridized carbons (Fsp3) is 0.524. The normalized spacial score (nSPS) is 16.8. The predicted molar refractivity (Wildman–Crippen MR) is 106 cm³/mol. The number of likely N-dealkylation sites (tertiary alicyclic amines) is 1. The van der Waals surface area contributed by atoms with E-state index >= 15 is 0 Å². The van der Waals surface area contributed by atoms with Crippen LogP contribution in [0, 0.1) is 19.8 Å². The lowest BCUT2D eigenvalue weighted by Gasteiger charge is -2.33. The Hall–Kier alpha value is -2.91. The van der Waals surface area contributed by atoms with Gasteiger partial charge in [0, 0.05) is 30.9 Å². The minimum absolute atomic E-state index is 0.0249. The molecule has 7 nitrogen and oxygen atoms in total. The molecule has 0 spiro atoms. The first-order chi connectivity index (χ1) is 14.6. The number of amides is 1. The van der Waals surface area contributed by atoms with E-state index in [2.05, 4.69) is 15.2 Å². The van der Waals surface area contributed by atoms with E-state index in [1.807, 2.05) is 26.1 Å². The predicted octanol–water partition coefficient (Wildman–Crippen LogP) is 4.10. The Labute approximate surface area is 177 Å². The number of nitrogens with zero attached hydrogens (tertiary/aromatic N) is 5. The molecule has 166 valence electrons. The first kappa shape index (κ1) is 21.3. The van der Waals surface area contributed by atoms with Gasteiger partial charge in [0.05, 0.1) is 34.8 Å². The molecule has 3 aromatic rings. The third-order valence-electron chi connectivity index (χ3n) is 5.82. The van der Waals surface area contributed by atoms with Gasteiger partial charge in [-0.15, -0.1) is 0 Å². The van der Waals surface area contributed by atoms with E-state index in [-0.39, 0.29) is 34.5 Å². The quantitative estimate of drug-likeness (QED) is 0.617. The Morgan fingerprint density at radius 1 is 1.29 bits per heavy atom. The minimum Gasteiger partial charge on any atom is -0.342 e. The van der Waals surface area contributed by atoms with Crippen LogP contribution in [0.25, 0.3) is 11.1 Å². The maximum atomic E-state index is 13.6. The number of halogens is 3. The summed E-state index contributed by atoms with van der Waals surface area (Å²) in [5, 5.41) is 7.87. The Bertz CT molecular complexity index is 1100. The van der Waals surface area contributed by atoms with Crippen molar-refractivity contribution in [3.05, 3.63) is 41.0 Å². The van der Waals surface area contributed by atoms with E-state index in [1.54, 1.807) is 9.58 Å². The number of aromatic nitrogens is 4. The molecule has 4 rings (SSSR count). The highest BCUT2D eigenvalue weighted by Gasteiger charge is 2.37. The molecule has 1 atom stereocenters. The number of hydrogen-bond acceptors (Lipinski definition) is 5. The average Bonchev–Trinajstić information content (AvgIpc) is 3.31. The SMILES string of the molecule is Cc1ccn(C[C@@H](C)C(=O)N2CCC(c3cc(C(F)(F)F)c4c(C)noc4n3)CC2)n1. The van der Waals surface area contributed by atoms with Crippen LogP contribution in [0.5, 0.6) is 0 Å². The monoisotopic (exact) mass is 435 g/mol. The Balaban J connectivity index is 1.46. The largest absolute Gasteiger partial charge is 0.417 e. The van der Waals surface area contributed by atoms with Crippen molar-refractivity contribution < 1.29 is 22.5 Å². The summed E-state index contributed by atoms with van der Waals surface area (Å²) in [6.45, 7) is 6.67. The van der Waals surface area contributed by atoms with Gasteiger partial charge in [0.1, 0.15) is 0 Å². The van der Waals surface area contributed by atoms with Gasteiger partial charge in [0.2, 0.25) is 5.91 Å². The van der Waals surface area contributed by atoms with Crippen LogP contribution in [0.1, 0.15) is 48.3 Å². The molecule has 1 saturated heterocycles. The van der Waals surface area contributed by atoms with Crippen LogP contribution in [-0.2, 0) is 17.5 Å². The molecule has 1 amide bonds. The number of carbonyl (C=O) groups is 1. The lowest BCUT2D eigenvalue weighted by molar-refractivity contribution is -0.136. The van der Waals surface area contributed by atoms with Gasteiger partial charge in [-0.3, -0.25) is 9.48 Å². The van der Waals surface area contributed by atoms with Crippen LogP contribution in [-0.4, -0.2) is 43.8 Å². The third-order valence-corrected chi connectivity index (χ3v) is 5.82. The Morgan fingerprint density at radius 3 is 2.61 bits per heavy atom. The lowest BCUT2D eigenvalue weighted by Crippen LogP contribution is -2.41.